The monoisotopic (exact) mass is 549 g/mol. The number of carbonyl (C=O) groups is 4. The summed E-state index contributed by atoms with van der Waals surface area (Å²) >= 11 is 0. The number of carbonyl (C=O) groups excluding carboxylic acids is 4. The van der Waals surface area contributed by atoms with Gasteiger partial charge in [0.15, 0.2) is 11.9 Å². The van der Waals surface area contributed by atoms with E-state index in [4.69, 9.17) is 9.57 Å². The van der Waals surface area contributed by atoms with Crippen LogP contribution in [-0.2, 0) is 27.5 Å². The summed E-state index contributed by atoms with van der Waals surface area (Å²) in [6, 6.07) is 21.0. The van der Waals surface area contributed by atoms with Crippen molar-refractivity contribution >= 4 is 23.9 Å². The quantitative estimate of drug-likeness (QED) is 0.355. The van der Waals surface area contributed by atoms with Crippen LogP contribution in [0.4, 0.5) is 4.79 Å². The topological polar surface area (TPSA) is 124 Å². The number of amides is 3. The van der Waals surface area contributed by atoms with Crippen molar-refractivity contribution in [2.75, 3.05) is 6.61 Å². The summed E-state index contributed by atoms with van der Waals surface area (Å²) in [6.45, 7) is 1.68. The molecule has 3 amide bonds. The molecule has 3 aromatic carbocycles. The minimum Gasteiger partial charge on any atom is -0.448 e. The first-order chi connectivity index (χ1) is 19.9. The summed E-state index contributed by atoms with van der Waals surface area (Å²) in [6.07, 6.45) is -0.747. The summed E-state index contributed by atoms with van der Waals surface area (Å²) < 4.78 is 7.51. The van der Waals surface area contributed by atoms with Gasteiger partial charge in [0.05, 0.1) is 24.2 Å². The van der Waals surface area contributed by atoms with Gasteiger partial charge in [-0.1, -0.05) is 65.7 Å². The van der Waals surface area contributed by atoms with Crippen LogP contribution in [0.1, 0.15) is 49.4 Å². The number of imide groups is 1. The maximum absolute atomic E-state index is 13.5. The first-order valence-electron chi connectivity index (χ1n) is 13.1. The Morgan fingerprint density at radius 2 is 1.39 bits per heavy atom. The maximum atomic E-state index is 13.5. The van der Waals surface area contributed by atoms with Crippen LogP contribution >= 0.6 is 0 Å². The van der Waals surface area contributed by atoms with Gasteiger partial charge in [-0.15, -0.1) is 10.2 Å². The number of hydrogen-bond acceptors (Lipinski definition) is 8. The first kappa shape index (κ1) is 24.7. The molecular weight excluding hydrogens is 526 g/mol. The zero-order chi connectivity index (χ0) is 28.2. The number of fused-ring (bicyclic) bond motifs is 5. The third-order valence-corrected chi connectivity index (χ3v) is 7.84. The predicted molar refractivity (Wildman–Crippen MR) is 142 cm³/mol. The van der Waals surface area contributed by atoms with Crippen molar-refractivity contribution in [3.8, 4) is 11.1 Å². The van der Waals surface area contributed by atoms with Gasteiger partial charge < -0.3 is 14.1 Å². The largest absolute Gasteiger partial charge is 0.448 e. The van der Waals surface area contributed by atoms with Gasteiger partial charge in [-0.2, -0.15) is 0 Å². The molecule has 3 aliphatic rings. The Labute approximate surface area is 233 Å². The van der Waals surface area contributed by atoms with E-state index in [9.17, 15) is 19.2 Å². The second-order valence-corrected chi connectivity index (χ2v) is 10.1. The van der Waals surface area contributed by atoms with Gasteiger partial charge in [-0.25, -0.2) is 9.59 Å². The van der Waals surface area contributed by atoms with E-state index in [1.807, 2.05) is 48.5 Å². The summed E-state index contributed by atoms with van der Waals surface area (Å²) in [7, 11) is 0. The summed E-state index contributed by atoms with van der Waals surface area (Å²) in [5.41, 5.74) is 4.56. The highest BCUT2D eigenvalue weighted by Gasteiger charge is 2.44. The third-order valence-electron chi connectivity index (χ3n) is 7.84. The van der Waals surface area contributed by atoms with E-state index in [1.54, 1.807) is 23.6 Å². The summed E-state index contributed by atoms with van der Waals surface area (Å²) in [4.78, 5) is 59.2. The molecule has 0 saturated carbocycles. The zero-order valence-electron chi connectivity index (χ0n) is 21.9. The van der Waals surface area contributed by atoms with E-state index >= 15 is 0 Å². The highest BCUT2D eigenvalue weighted by molar-refractivity contribution is 6.21. The van der Waals surface area contributed by atoms with Gasteiger partial charge >= 0.3 is 12.1 Å². The van der Waals surface area contributed by atoms with E-state index in [2.05, 4.69) is 10.2 Å². The molecule has 0 N–H and O–H groups in total. The Morgan fingerprint density at radius 3 is 2.00 bits per heavy atom. The van der Waals surface area contributed by atoms with Crippen LogP contribution in [0.3, 0.4) is 0 Å². The lowest BCUT2D eigenvalue weighted by atomic mass is 9.98. The smallest absolute Gasteiger partial charge is 0.411 e. The van der Waals surface area contributed by atoms with Crippen molar-refractivity contribution in [3.05, 3.63) is 107 Å². The molecule has 0 spiro atoms. The summed E-state index contributed by atoms with van der Waals surface area (Å²) in [5.74, 6) is -1.60. The molecule has 7 rings (SSSR count). The maximum Gasteiger partial charge on any atom is 0.411 e. The molecule has 204 valence electrons. The van der Waals surface area contributed by atoms with Crippen molar-refractivity contribution in [3.63, 3.8) is 0 Å². The number of ether oxygens (including phenoxy) is 1. The molecule has 0 bridgehead atoms. The Hall–Kier alpha value is -5.32. The molecule has 1 aromatic heterocycles. The standard InChI is InChI=1S/C30H23N5O6/c1-17-31-32-26-15-34(30(39)40-16-24-20-10-4-2-8-18(20)19-9-3-5-11-21(19)24)25(14-33(17)26)29(38)41-35-27(36)22-12-6-7-13-23(22)28(35)37/h2-13,24-25H,14-16H2,1H3. The number of benzene rings is 3. The van der Waals surface area contributed by atoms with E-state index in [0.717, 1.165) is 22.3 Å². The molecule has 3 heterocycles. The van der Waals surface area contributed by atoms with E-state index in [-0.39, 0.29) is 36.7 Å². The van der Waals surface area contributed by atoms with Crippen molar-refractivity contribution < 1.29 is 28.8 Å². The van der Waals surface area contributed by atoms with Gasteiger partial charge in [-0.05, 0) is 41.3 Å². The number of hydroxylamine groups is 2. The number of nitrogens with zero attached hydrogens (tertiary/aromatic N) is 5. The molecule has 1 aliphatic carbocycles. The van der Waals surface area contributed by atoms with Crippen LogP contribution in [-0.4, -0.2) is 61.3 Å². The Morgan fingerprint density at radius 1 is 0.829 bits per heavy atom. The fourth-order valence-corrected chi connectivity index (χ4v) is 5.78. The SMILES string of the molecule is Cc1nnc2n1CC(C(=O)ON1C(=O)c3ccccc3C1=O)N(C(=O)OCC1c3ccccc3-c3ccccc31)C2. The van der Waals surface area contributed by atoms with E-state index < -0.39 is 29.9 Å². The molecule has 4 aromatic rings. The number of rotatable bonds is 4. The van der Waals surface area contributed by atoms with Gasteiger partial charge in [-0.3, -0.25) is 14.5 Å². The lowest BCUT2D eigenvalue weighted by Crippen LogP contribution is -2.53. The van der Waals surface area contributed by atoms with Crippen molar-refractivity contribution in [1.82, 2.24) is 24.7 Å². The predicted octanol–water partition coefficient (Wildman–Crippen LogP) is 3.47. The van der Waals surface area contributed by atoms with Crippen LogP contribution in [0, 0.1) is 6.92 Å². The average molecular weight is 550 g/mol. The molecule has 11 heteroatoms. The first-order valence-corrected chi connectivity index (χ1v) is 13.1. The van der Waals surface area contributed by atoms with Crippen molar-refractivity contribution in [2.45, 2.75) is 32.0 Å². The fourth-order valence-electron chi connectivity index (χ4n) is 5.78. The molecule has 2 aliphatic heterocycles. The fraction of sp³-hybridized carbons (Fsp3) is 0.200. The van der Waals surface area contributed by atoms with Gasteiger partial charge in [0, 0.05) is 5.92 Å². The van der Waals surface area contributed by atoms with Crippen LogP contribution in [0.25, 0.3) is 11.1 Å². The lowest BCUT2D eigenvalue weighted by Gasteiger charge is -2.34. The van der Waals surface area contributed by atoms with Gasteiger partial charge in [0.25, 0.3) is 11.8 Å². The van der Waals surface area contributed by atoms with Crippen LogP contribution in [0.2, 0.25) is 0 Å². The molecule has 11 nitrogen and oxygen atoms in total. The lowest BCUT2D eigenvalue weighted by molar-refractivity contribution is -0.176. The third kappa shape index (κ3) is 3.88. The number of aromatic nitrogens is 3. The zero-order valence-corrected chi connectivity index (χ0v) is 21.9. The Bertz CT molecular complexity index is 1680. The van der Waals surface area contributed by atoms with E-state index in [0.29, 0.717) is 16.7 Å². The van der Waals surface area contributed by atoms with Crippen molar-refractivity contribution in [2.24, 2.45) is 0 Å². The highest BCUT2D eigenvalue weighted by Crippen LogP contribution is 2.44. The van der Waals surface area contributed by atoms with Crippen molar-refractivity contribution in [1.29, 1.82) is 0 Å². The van der Waals surface area contributed by atoms with Crippen LogP contribution in [0.15, 0.2) is 72.8 Å². The minimum absolute atomic E-state index is 0.0274. The number of aryl methyl sites for hydroxylation is 1. The van der Waals surface area contributed by atoms with Gasteiger partial charge in [0.1, 0.15) is 12.4 Å². The molecular formula is C30H23N5O6. The minimum atomic E-state index is -1.20. The Kier molecular flexibility index (Phi) is 5.67. The summed E-state index contributed by atoms with van der Waals surface area (Å²) in [5, 5.41) is 8.63. The normalized spacial score (nSPS) is 17.1. The Balaban J connectivity index is 1.13. The molecule has 1 atom stereocenters. The average Bonchev–Trinajstić information content (AvgIpc) is 3.61. The van der Waals surface area contributed by atoms with Crippen LogP contribution < -0.4 is 0 Å². The van der Waals surface area contributed by atoms with E-state index in [1.165, 1.54) is 17.0 Å². The molecule has 0 fully saturated rings. The van der Waals surface area contributed by atoms with Crippen LogP contribution in [0.5, 0.6) is 0 Å². The van der Waals surface area contributed by atoms with Gasteiger partial charge in [0.2, 0.25) is 0 Å². The number of hydrogen-bond donors (Lipinski definition) is 0. The second kappa shape index (κ2) is 9.40. The molecule has 0 radical (unpaired) electrons. The molecule has 1 unspecified atom stereocenters. The second-order valence-electron chi connectivity index (χ2n) is 10.1. The highest BCUT2D eigenvalue weighted by atomic mass is 16.7. The molecule has 41 heavy (non-hydrogen) atoms. The molecule has 0 saturated heterocycles.